The summed E-state index contributed by atoms with van der Waals surface area (Å²) in [5.41, 5.74) is -0.00322. The highest BCUT2D eigenvalue weighted by Gasteiger charge is 2.12. The van der Waals surface area contributed by atoms with E-state index in [0.29, 0.717) is 18.1 Å². The van der Waals surface area contributed by atoms with E-state index < -0.39 is 4.92 Å². The molecule has 1 aromatic rings. The van der Waals surface area contributed by atoms with Crippen LogP contribution in [0.25, 0.3) is 0 Å². The van der Waals surface area contributed by atoms with Crippen LogP contribution in [-0.4, -0.2) is 56.4 Å². The van der Waals surface area contributed by atoms with Crippen LogP contribution in [0.2, 0.25) is 0 Å². The van der Waals surface area contributed by atoms with E-state index in [1.807, 2.05) is 0 Å². The second kappa shape index (κ2) is 8.55. The molecular formula is C15H22N2O5. The van der Waals surface area contributed by atoms with Gasteiger partial charge in [0.1, 0.15) is 0 Å². The molecule has 0 spiro atoms. The van der Waals surface area contributed by atoms with E-state index in [1.54, 1.807) is 6.07 Å². The smallest absolute Gasteiger partial charge is 0.273 e. The van der Waals surface area contributed by atoms with E-state index in [0.717, 1.165) is 45.7 Å². The van der Waals surface area contributed by atoms with Crippen molar-refractivity contribution in [3.8, 4) is 11.5 Å². The van der Waals surface area contributed by atoms with Gasteiger partial charge < -0.3 is 14.2 Å². The number of non-ortho nitro benzene ring substituents is 1. The van der Waals surface area contributed by atoms with Gasteiger partial charge in [-0.2, -0.15) is 0 Å². The Labute approximate surface area is 129 Å². The zero-order valence-electron chi connectivity index (χ0n) is 12.8. The van der Waals surface area contributed by atoms with Gasteiger partial charge in [-0.15, -0.1) is 0 Å². The minimum atomic E-state index is -0.450. The fraction of sp³-hybridized carbons (Fsp3) is 0.600. The van der Waals surface area contributed by atoms with E-state index in [-0.39, 0.29) is 5.69 Å². The van der Waals surface area contributed by atoms with Gasteiger partial charge in [0, 0.05) is 19.2 Å². The lowest BCUT2D eigenvalue weighted by molar-refractivity contribution is -0.384. The number of morpholine rings is 1. The highest BCUT2D eigenvalue weighted by molar-refractivity contribution is 5.48. The quantitative estimate of drug-likeness (QED) is 0.416. The fourth-order valence-electron chi connectivity index (χ4n) is 2.33. The first-order chi connectivity index (χ1) is 10.7. The Morgan fingerprint density at radius 2 is 2.05 bits per heavy atom. The van der Waals surface area contributed by atoms with Crippen molar-refractivity contribution in [2.75, 3.05) is 46.6 Å². The molecule has 0 radical (unpaired) electrons. The first-order valence-electron chi connectivity index (χ1n) is 7.46. The summed E-state index contributed by atoms with van der Waals surface area (Å²) in [7, 11) is 1.48. The van der Waals surface area contributed by atoms with Crippen molar-refractivity contribution < 1.29 is 19.1 Å². The Balaban J connectivity index is 1.73. The molecule has 122 valence electrons. The van der Waals surface area contributed by atoms with Gasteiger partial charge in [-0.25, -0.2) is 0 Å². The summed E-state index contributed by atoms with van der Waals surface area (Å²) in [4.78, 5) is 12.7. The number of hydrogen-bond acceptors (Lipinski definition) is 6. The lowest BCUT2D eigenvalue weighted by Gasteiger charge is -2.26. The number of unbranched alkanes of at least 4 members (excludes halogenated alkanes) is 1. The largest absolute Gasteiger partial charge is 0.493 e. The van der Waals surface area contributed by atoms with Gasteiger partial charge in [0.2, 0.25) is 0 Å². The maximum Gasteiger partial charge on any atom is 0.273 e. The number of hydrogen-bond donors (Lipinski definition) is 0. The lowest BCUT2D eigenvalue weighted by atomic mass is 10.2. The summed E-state index contributed by atoms with van der Waals surface area (Å²) in [6.45, 7) is 5.24. The third kappa shape index (κ3) is 4.85. The molecule has 1 fully saturated rings. The standard InChI is InChI=1S/C15H22N2O5/c1-20-15-12-13(17(18)19)4-5-14(15)22-9-3-2-6-16-7-10-21-11-8-16/h4-5,12H,2-3,6-11H2,1H3. The Bertz CT molecular complexity index is 489. The highest BCUT2D eigenvalue weighted by atomic mass is 16.6. The molecule has 1 heterocycles. The summed E-state index contributed by atoms with van der Waals surface area (Å²) in [6.07, 6.45) is 1.98. The summed E-state index contributed by atoms with van der Waals surface area (Å²) < 4.78 is 16.1. The average Bonchev–Trinajstić information content (AvgIpc) is 2.55. The van der Waals surface area contributed by atoms with E-state index in [2.05, 4.69) is 4.90 Å². The van der Waals surface area contributed by atoms with Crippen LogP contribution in [0.15, 0.2) is 18.2 Å². The summed E-state index contributed by atoms with van der Waals surface area (Å²) >= 11 is 0. The van der Waals surface area contributed by atoms with Crippen molar-refractivity contribution in [2.45, 2.75) is 12.8 Å². The number of nitro benzene ring substituents is 1. The molecule has 0 N–H and O–H groups in total. The van der Waals surface area contributed by atoms with Crippen LogP contribution in [0.1, 0.15) is 12.8 Å². The molecule has 7 heteroatoms. The zero-order valence-corrected chi connectivity index (χ0v) is 12.8. The second-order valence-electron chi connectivity index (χ2n) is 5.10. The Kier molecular flexibility index (Phi) is 6.42. The predicted molar refractivity (Wildman–Crippen MR) is 81.6 cm³/mol. The number of nitrogens with zero attached hydrogens (tertiary/aromatic N) is 2. The summed E-state index contributed by atoms with van der Waals surface area (Å²) in [5.74, 6) is 0.932. The Morgan fingerprint density at radius 1 is 1.27 bits per heavy atom. The van der Waals surface area contributed by atoms with Crippen molar-refractivity contribution in [3.63, 3.8) is 0 Å². The maximum atomic E-state index is 10.7. The third-order valence-electron chi connectivity index (χ3n) is 3.59. The van der Waals surface area contributed by atoms with Crippen LogP contribution in [0.4, 0.5) is 5.69 Å². The van der Waals surface area contributed by atoms with E-state index in [4.69, 9.17) is 14.2 Å². The van der Waals surface area contributed by atoms with Gasteiger partial charge in [-0.1, -0.05) is 0 Å². The molecule has 0 aliphatic carbocycles. The first kappa shape index (κ1) is 16.5. The van der Waals surface area contributed by atoms with Crippen LogP contribution in [0.5, 0.6) is 11.5 Å². The van der Waals surface area contributed by atoms with E-state index >= 15 is 0 Å². The van der Waals surface area contributed by atoms with Crippen molar-refractivity contribution in [3.05, 3.63) is 28.3 Å². The molecule has 1 aromatic carbocycles. The molecule has 1 aliphatic heterocycles. The molecule has 7 nitrogen and oxygen atoms in total. The molecule has 0 amide bonds. The average molecular weight is 310 g/mol. The monoisotopic (exact) mass is 310 g/mol. The number of rotatable bonds is 8. The first-order valence-corrected chi connectivity index (χ1v) is 7.46. The van der Waals surface area contributed by atoms with E-state index in [9.17, 15) is 10.1 Å². The van der Waals surface area contributed by atoms with Crippen LogP contribution < -0.4 is 9.47 Å². The van der Waals surface area contributed by atoms with Crippen molar-refractivity contribution in [1.29, 1.82) is 0 Å². The maximum absolute atomic E-state index is 10.7. The third-order valence-corrected chi connectivity index (χ3v) is 3.59. The number of ether oxygens (including phenoxy) is 3. The number of methoxy groups -OCH3 is 1. The normalized spacial score (nSPS) is 15.5. The minimum absolute atomic E-state index is 0.00322. The topological polar surface area (TPSA) is 74.1 Å². The number of benzene rings is 1. The summed E-state index contributed by atoms with van der Waals surface area (Å²) in [5, 5.41) is 10.7. The van der Waals surface area contributed by atoms with Crippen molar-refractivity contribution in [2.24, 2.45) is 0 Å². The van der Waals surface area contributed by atoms with Gasteiger partial charge in [0.25, 0.3) is 5.69 Å². The van der Waals surface area contributed by atoms with E-state index in [1.165, 1.54) is 19.2 Å². The lowest BCUT2D eigenvalue weighted by Crippen LogP contribution is -2.36. The van der Waals surface area contributed by atoms with Gasteiger partial charge >= 0.3 is 0 Å². The summed E-state index contributed by atoms with van der Waals surface area (Å²) in [6, 6.07) is 4.38. The zero-order chi connectivity index (χ0) is 15.8. The van der Waals surface area contributed by atoms with Crippen molar-refractivity contribution >= 4 is 5.69 Å². The molecule has 22 heavy (non-hydrogen) atoms. The molecular weight excluding hydrogens is 288 g/mol. The predicted octanol–water partition coefficient (Wildman–Crippen LogP) is 2.09. The molecule has 1 saturated heterocycles. The molecule has 1 aliphatic rings. The van der Waals surface area contributed by atoms with Crippen LogP contribution in [-0.2, 0) is 4.74 Å². The second-order valence-corrected chi connectivity index (χ2v) is 5.10. The molecule has 2 rings (SSSR count). The molecule has 0 bridgehead atoms. The molecule has 0 unspecified atom stereocenters. The van der Waals surface area contributed by atoms with Crippen LogP contribution in [0, 0.1) is 10.1 Å². The number of nitro groups is 1. The molecule has 0 atom stereocenters. The Morgan fingerprint density at radius 3 is 2.73 bits per heavy atom. The van der Waals surface area contributed by atoms with Gasteiger partial charge in [0.15, 0.2) is 11.5 Å². The SMILES string of the molecule is COc1cc([N+](=O)[O-])ccc1OCCCCN1CCOCC1. The Hall–Kier alpha value is -1.86. The van der Waals surface area contributed by atoms with Gasteiger partial charge in [-0.05, 0) is 25.5 Å². The van der Waals surface area contributed by atoms with Crippen molar-refractivity contribution in [1.82, 2.24) is 4.90 Å². The minimum Gasteiger partial charge on any atom is -0.493 e. The van der Waals surface area contributed by atoms with Crippen LogP contribution in [0.3, 0.4) is 0 Å². The molecule has 0 saturated carbocycles. The fourth-order valence-corrected chi connectivity index (χ4v) is 2.33. The van der Waals surface area contributed by atoms with Crippen LogP contribution >= 0.6 is 0 Å². The molecule has 0 aromatic heterocycles. The highest BCUT2D eigenvalue weighted by Crippen LogP contribution is 2.31. The van der Waals surface area contributed by atoms with Gasteiger partial charge in [-0.3, -0.25) is 15.0 Å². The van der Waals surface area contributed by atoms with Gasteiger partial charge in [0.05, 0.1) is 37.9 Å².